The van der Waals surface area contributed by atoms with Crippen molar-refractivity contribution in [3.05, 3.63) is 48.0 Å². The molecule has 2 aliphatic rings. The molecular weight excluding hydrogens is 328 g/mol. The first kappa shape index (κ1) is 17.4. The summed E-state index contributed by atoms with van der Waals surface area (Å²) in [6.45, 7) is 6.00. The first-order valence-electron chi connectivity index (χ1n) is 9.39. The van der Waals surface area contributed by atoms with Gasteiger partial charge in [-0.25, -0.2) is 9.97 Å². The largest absolute Gasteiger partial charge is 0.375 e. The highest BCUT2D eigenvalue weighted by Gasteiger charge is 2.48. The minimum absolute atomic E-state index is 0.0137. The second-order valence-electron chi connectivity index (χ2n) is 7.41. The molecule has 4 rings (SSSR count). The zero-order chi connectivity index (χ0) is 17.8. The Balaban J connectivity index is 1.21. The molecule has 2 aliphatic heterocycles. The van der Waals surface area contributed by atoms with Gasteiger partial charge in [0.2, 0.25) is 5.95 Å². The molecule has 0 amide bonds. The number of anilines is 1. The third-order valence-corrected chi connectivity index (χ3v) is 5.25. The van der Waals surface area contributed by atoms with Crippen LogP contribution in [0.1, 0.15) is 30.7 Å². The van der Waals surface area contributed by atoms with E-state index >= 15 is 0 Å². The van der Waals surface area contributed by atoms with E-state index in [0.717, 1.165) is 62.9 Å². The van der Waals surface area contributed by atoms with Crippen LogP contribution in [0.2, 0.25) is 0 Å². The van der Waals surface area contributed by atoms with Crippen LogP contribution < -0.4 is 4.90 Å². The molecular formula is C20H26N4O2. The molecule has 1 unspecified atom stereocenters. The smallest absolute Gasteiger partial charge is 0.225 e. The standard InChI is InChI=1S/C20H26N4O2/c1-16-4-2-5-18(23-16)13-25-10-6-17-7-11-26-20(12-17)14-24(15-20)19-21-8-3-9-22-19/h2-5,8-9,17H,6-7,10-15H2,1H3. The van der Waals surface area contributed by atoms with E-state index in [-0.39, 0.29) is 5.60 Å². The topological polar surface area (TPSA) is 60.4 Å². The summed E-state index contributed by atoms with van der Waals surface area (Å²) in [4.78, 5) is 15.3. The maximum absolute atomic E-state index is 6.12. The molecule has 138 valence electrons. The highest BCUT2D eigenvalue weighted by atomic mass is 16.5. The van der Waals surface area contributed by atoms with Crippen molar-refractivity contribution in [2.75, 3.05) is 31.2 Å². The van der Waals surface area contributed by atoms with Gasteiger partial charge < -0.3 is 14.4 Å². The predicted molar refractivity (Wildman–Crippen MR) is 98.9 cm³/mol. The van der Waals surface area contributed by atoms with Crippen molar-refractivity contribution in [2.24, 2.45) is 5.92 Å². The molecule has 1 atom stereocenters. The first-order valence-corrected chi connectivity index (χ1v) is 9.39. The molecule has 0 aromatic carbocycles. The average Bonchev–Trinajstić information content (AvgIpc) is 2.64. The van der Waals surface area contributed by atoms with Crippen LogP contribution in [0.3, 0.4) is 0 Å². The summed E-state index contributed by atoms with van der Waals surface area (Å²) in [5.41, 5.74) is 2.03. The van der Waals surface area contributed by atoms with Crippen LogP contribution in [-0.2, 0) is 16.1 Å². The maximum atomic E-state index is 6.12. The number of aromatic nitrogens is 3. The molecule has 6 nitrogen and oxygen atoms in total. The fraction of sp³-hybridized carbons (Fsp3) is 0.550. The number of ether oxygens (including phenoxy) is 2. The van der Waals surface area contributed by atoms with E-state index in [1.807, 2.05) is 31.2 Å². The van der Waals surface area contributed by atoms with Gasteiger partial charge in [-0.2, -0.15) is 0 Å². The molecule has 2 saturated heterocycles. The number of hydrogen-bond donors (Lipinski definition) is 0. The highest BCUT2D eigenvalue weighted by molar-refractivity contribution is 5.37. The molecule has 26 heavy (non-hydrogen) atoms. The summed E-state index contributed by atoms with van der Waals surface area (Å²) in [7, 11) is 0. The fourth-order valence-electron chi connectivity index (χ4n) is 3.95. The molecule has 0 N–H and O–H groups in total. The second kappa shape index (κ2) is 7.68. The third-order valence-electron chi connectivity index (χ3n) is 5.25. The summed E-state index contributed by atoms with van der Waals surface area (Å²) < 4.78 is 12.0. The predicted octanol–water partition coefficient (Wildman–Crippen LogP) is 2.77. The Morgan fingerprint density at radius 3 is 2.88 bits per heavy atom. The van der Waals surface area contributed by atoms with E-state index in [1.54, 1.807) is 12.4 Å². The molecule has 1 spiro atoms. The molecule has 4 heterocycles. The van der Waals surface area contributed by atoms with Gasteiger partial charge in [-0.1, -0.05) is 6.07 Å². The van der Waals surface area contributed by atoms with E-state index in [9.17, 15) is 0 Å². The van der Waals surface area contributed by atoms with E-state index < -0.39 is 0 Å². The lowest BCUT2D eigenvalue weighted by atomic mass is 9.79. The Bertz CT molecular complexity index is 719. The Hall–Kier alpha value is -2.05. The Morgan fingerprint density at radius 1 is 1.23 bits per heavy atom. The van der Waals surface area contributed by atoms with Gasteiger partial charge in [-0.3, -0.25) is 4.98 Å². The summed E-state index contributed by atoms with van der Waals surface area (Å²) in [5.74, 6) is 1.46. The Labute approximate surface area is 154 Å². The van der Waals surface area contributed by atoms with E-state index in [4.69, 9.17) is 9.47 Å². The van der Waals surface area contributed by atoms with Crippen LogP contribution in [-0.4, -0.2) is 46.9 Å². The molecule has 0 bridgehead atoms. The lowest BCUT2D eigenvalue weighted by Gasteiger charge is -2.53. The lowest BCUT2D eigenvalue weighted by Crippen LogP contribution is -2.65. The minimum atomic E-state index is -0.0137. The van der Waals surface area contributed by atoms with Crippen molar-refractivity contribution in [1.82, 2.24) is 15.0 Å². The highest BCUT2D eigenvalue weighted by Crippen LogP contribution is 2.39. The first-order chi connectivity index (χ1) is 12.7. The molecule has 2 aromatic heterocycles. The van der Waals surface area contributed by atoms with Crippen LogP contribution in [0.15, 0.2) is 36.7 Å². The van der Waals surface area contributed by atoms with Gasteiger partial charge in [0.25, 0.3) is 0 Å². The number of hydrogen-bond acceptors (Lipinski definition) is 6. The second-order valence-corrected chi connectivity index (χ2v) is 7.41. The van der Waals surface area contributed by atoms with Crippen LogP contribution in [0, 0.1) is 12.8 Å². The summed E-state index contributed by atoms with van der Waals surface area (Å²) in [6, 6.07) is 7.90. The van der Waals surface area contributed by atoms with Crippen molar-refractivity contribution in [3.63, 3.8) is 0 Å². The van der Waals surface area contributed by atoms with Gasteiger partial charge in [-0.05, 0) is 50.3 Å². The molecule has 0 radical (unpaired) electrons. The number of nitrogens with zero attached hydrogens (tertiary/aromatic N) is 4. The van der Waals surface area contributed by atoms with Gasteiger partial charge in [0.15, 0.2) is 0 Å². The number of aryl methyl sites for hydroxylation is 1. The molecule has 0 aliphatic carbocycles. The van der Waals surface area contributed by atoms with E-state index in [2.05, 4.69) is 19.9 Å². The fourth-order valence-corrected chi connectivity index (χ4v) is 3.95. The lowest BCUT2D eigenvalue weighted by molar-refractivity contribution is -0.116. The zero-order valence-electron chi connectivity index (χ0n) is 15.3. The van der Waals surface area contributed by atoms with Crippen LogP contribution >= 0.6 is 0 Å². The Morgan fingerprint density at radius 2 is 2.08 bits per heavy atom. The van der Waals surface area contributed by atoms with Gasteiger partial charge >= 0.3 is 0 Å². The average molecular weight is 354 g/mol. The van der Waals surface area contributed by atoms with Gasteiger partial charge in [-0.15, -0.1) is 0 Å². The van der Waals surface area contributed by atoms with Crippen LogP contribution in [0.25, 0.3) is 0 Å². The molecule has 2 aromatic rings. The van der Waals surface area contributed by atoms with Crippen molar-refractivity contribution in [2.45, 2.75) is 38.4 Å². The van der Waals surface area contributed by atoms with Crippen molar-refractivity contribution in [1.29, 1.82) is 0 Å². The Kier molecular flexibility index (Phi) is 5.13. The summed E-state index contributed by atoms with van der Waals surface area (Å²) in [6.07, 6.45) is 6.88. The van der Waals surface area contributed by atoms with Crippen LogP contribution in [0.5, 0.6) is 0 Å². The van der Waals surface area contributed by atoms with Gasteiger partial charge in [0.05, 0.1) is 25.4 Å². The summed E-state index contributed by atoms with van der Waals surface area (Å²) >= 11 is 0. The van der Waals surface area contributed by atoms with Gasteiger partial charge in [0, 0.05) is 31.3 Å². The van der Waals surface area contributed by atoms with Crippen molar-refractivity contribution < 1.29 is 9.47 Å². The molecule has 6 heteroatoms. The van der Waals surface area contributed by atoms with Gasteiger partial charge in [0.1, 0.15) is 5.60 Å². The van der Waals surface area contributed by atoms with Crippen molar-refractivity contribution in [3.8, 4) is 0 Å². The number of pyridine rings is 1. The third kappa shape index (κ3) is 4.02. The van der Waals surface area contributed by atoms with Crippen LogP contribution in [0.4, 0.5) is 5.95 Å². The van der Waals surface area contributed by atoms with Crippen molar-refractivity contribution >= 4 is 5.95 Å². The van der Waals surface area contributed by atoms with E-state index in [0.29, 0.717) is 12.5 Å². The molecule has 0 saturated carbocycles. The maximum Gasteiger partial charge on any atom is 0.225 e. The van der Waals surface area contributed by atoms with E-state index in [1.165, 1.54) is 0 Å². The quantitative estimate of drug-likeness (QED) is 0.744. The minimum Gasteiger partial charge on any atom is -0.375 e. The molecule has 2 fully saturated rings. The summed E-state index contributed by atoms with van der Waals surface area (Å²) in [5, 5.41) is 0. The SMILES string of the molecule is Cc1cccc(COCCC2CCOC3(C2)CN(c2ncccn2)C3)n1. The normalized spacial score (nSPS) is 21.6. The zero-order valence-corrected chi connectivity index (χ0v) is 15.3. The number of rotatable bonds is 6. The monoisotopic (exact) mass is 354 g/mol.